The molecule has 0 bridgehead atoms. The van der Waals surface area contributed by atoms with Gasteiger partial charge in [0.1, 0.15) is 0 Å². The number of esters is 1. The Balaban J connectivity index is 0.000000288. The summed E-state index contributed by atoms with van der Waals surface area (Å²) < 4.78 is 4.40. The Hall–Kier alpha value is -1.31. The smallest absolute Gasteiger partial charge is 0.302 e. The van der Waals surface area contributed by atoms with Crippen LogP contribution in [-0.2, 0) is 16.0 Å². The lowest BCUT2D eigenvalue weighted by atomic mass is 10.1. The molecule has 1 aromatic rings. The van der Waals surface area contributed by atoms with Crippen molar-refractivity contribution in [2.75, 3.05) is 6.61 Å². The zero-order valence-corrected chi connectivity index (χ0v) is 9.82. The predicted molar refractivity (Wildman–Crippen MR) is 62.7 cm³/mol. The Morgan fingerprint density at radius 2 is 1.80 bits per heavy atom. The Kier molecular flexibility index (Phi) is 8.44. The minimum absolute atomic E-state index is 0.211. The lowest BCUT2D eigenvalue weighted by molar-refractivity contribution is -0.140. The second-order valence-corrected chi connectivity index (χ2v) is 3.16. The van der Waals surface area contributed by atoms with E-state index in [0.29, 0.717) is 6.61 Å². The fraction of sp³-hybridized carbons (Fsp3) is 0.462. The topological polar surface area (TPSA) is 26.3 Å². The van der Waals surface area contributed by atoms with Crippen LogP contribution in [-0.4, -0.2) is 12.6 Å². The average molecular weight is 208 g/mol. The number of carbonyl (C=O) groups excluding carboxylic acids is 1. The fourth-order valence-corrected chi connectivity index (χ4v) is 1.14. The first-order chi connectivity index (χ1) is 7.20. The van der Waals surface area contributed by atoms with Crippen LogP contribution < -0.4 is 0 Å². The van der Waals surface area contributed by atoms with Crippen LogP contribution in [0.5, 0.6) is 0 Å². The Morgan fingerprint density at radius 1 is 1.20 bits per heavy atom. The molecule has 0 saturated heterocycles. The second-order valence-electron chi connectivity index (χ2n) is 3.16. The molecule has 0 fully saturated rings. The van der Waals surface area contributed by atoms with E-state index < -0.39 is 0 Å². The molecule has 0 heterocycles. The van der Waals surface area contributed by atoms with Gasteiger partial charge in [-0.05, 0) is 18.9 Å². The first-order valence-corrected chi connectivity index (χ1v) is 5.38. The molecule has 0 aliphatic heterocycles. The molecule has 1 rings (SSSR count). The number of carbonyl (C=O) groups is 1. The van der Waals surface area contributed by atoms with Crippen LogP contribution in [0.25, 0.3) is 0 Å². The van der Waals surface area contributed by atoms with E-state index >= 15 is 0 Å². The van der Waals surface area contributed by atoms with Gasteiger partial charge < -0.3 is 4.74 Å². The van der Waals surface area contributed by atoms with Crippen molar-refractivity contribution in [2.24, 2.45) is 0 Å². The Morgan fingerprint density at radius 3 is 2.13 bits per heavy atom. The molecule has 84 valence electrons. The van der Waals surface area contributed by atoms with Crippen molar-refractivity contribution < 1.29 is 9.53 Å². The molecule has 0 radical (unpaired) electrons. The summed E-state index contributed by atoms with van der Waals surface area (Å²) in [6.07, 6.45) is 2.45. The molecule has 0 saturated carbocycles. The molecule has 0 atom stereocenters. The van der Waals surface area contributed by atoms with Gasteiger partial charge in [0.25, 0.3) is 0 Å². The summed E-state index contributed by atoms with van der Waals surface area (Å²) in [5.74, 6) is -0.211. The summed E-state index contributed by atoms with van der Waals surface area (Å²) in [6, 6.07) is 10.6. The molecule has 0 N–H and O–H groups in total. The number of ether oxygens (including phenoxy) is 1. The van der Waals surface area contributed by atoms with E-state index in [0.717, 1.165) is 0 Å². The summed E-state index contributed by atoms with van der Waals surface area (Å²) >= 11 is 0. The van der Waals surface area contributed by atoms with Crippen molar-refractivity contribution in [1.29, 1.82) is 0 Å². The van der Waals surface area contributed by atoms with Crippen molar-refractivity contribution >= 4 is 5.97 Å². The van der Waals surface area contributed by atoms with E-state index in [-0.39, 0.29) is 5.97 Å². The predicted octanol–water partition coefficient (Wildman–Crippen LogP) is 3.21. The summed E-state index contributed by atoms with van der Waals surface area (Å²) in [5, 5.41) is 0. The molecule has 0 aliphatic carbocycles. The van der Waals surface area contributed by atoms with Crippen molar-refractivity contribution in [3.05, 3.63) is 35.9 Å². The fourth-order valence-electron chi connectivity index (χ4n) is 1.14. The number of aryl methyl sites for hydroxylation is 1. The quantitative estimate of drug-likeness (QED) is 0.713. The highest BCUT2D eigenvalue weighted by atomic mass is 16.5. The van der Waals surface area contributed by atoms with Gasteiger partial charge in [-0.3, -0.25) is 4.79 Å². The third-order valence-electron chi connectivity index (χ3n) is 1.73. The first-order valence-electron chi connectivity index (χ1n) is 5.38. The maximum atomic E-state index is 9.82. The summed E-state index contributed by atoms with van der Waals surface area (Å²) in [6.45, 7) is 5.85. The monoisotopic (exact) mass is 208 g/mol. The van der Waals surface area contributed by atoms with E-state index in [9.17, 15) is 4.79 Å². The number of benzene rings is 1. The van der Waals surface area contributed by atoms with E-state index in [1.54, 1.807) is 6.92 Å². The standard InChI is InChI=1S/C9H12.C4H8O2/c1-2-6-9-7-4-3-5-8-9;1-3-6-4(2)5/h3-5,7-8H,2,6H2,1H3;3H2,1-2H3. The molecular formula is C13H20O2. The molecule has 0 unspecified atom stereocenters. The molecule has 2 nitrogen and oxygen atoms in total. The molecular weight excluding hydrogens is 188 g/mol. The largest absolute Gasteiger partial charge is 0.466 e. The van der Waals surface area contributed by atoms with Gasteiger partial charge in [0, 0.05) is 6.92 Å². The maximum absolute atomic E-state index is 9.82. The molecule has 0 spiro atoms. The first kappa shape index (κ1) is 13.7. The van der Waals surface area contributed by atoms with Gasteiger partial charge in [-0.2, -0.15) is 0 Å². The highest BCUT2D eigenvalue weighted by Gasteiger charge is 1.84. The summed E-state index contributed by atoms with van der Waals surface area (Å²) in [4.78, 5) is 9.82. The van der Waals surface area contributed by atoms with Gasteiger partial charge in [0.05, 0.1) is 6.61 Å². The highest BCUT2D eigenvalue weighted by molar-refractivity contribution is 5.65. The lowest BCUT2D eigenvalue weighted by Crippen LogP contribution is -1.95. The SMILES string of the molecule is CCCc1ccccc1.CCOC(C)=O. The Labute approximate surface area is 92.3 Å². The lowest BCUT2D eigenvalue weighted by Gasteiger charge is -1.93. The van der Waals surface area contributed by atoms with Gasteiger partial charge in [0.15, 0.2) is 0 Å². The van der Waals surface area contributed by atoms with Gasteiger partial charge >= 0.3 is 5.97 Å². The third-order valence-corrected chi connectivity index (χ3v) is 1.73. The van der Waals surface area contributed by atoms with Crippen molar-refractivity contribution in [3.63, 3.8) is 0 Å². The highest BCUT2D eigenvalue weighted by Crippen LogP contribution is 2.00. The molecule has 0 aromatic heterocycles. The second kappa shape index (κ2) is 9.25. The normalized spacial score (nSPS) is 8.73. The third kappa shape index (κ3) is 9.01. The zero-order chi connectivity index (χ0) is 11.5. The van der Waals surface area contributed by atoms with Crippen LogP contribution >= 0.6 is 0 Å². The Bertz CT molecular complexity index is 254. The van der Waals surface area contributed by atoms with E-state index in [1.807, 2.05) is 0 Å². The molecule has 1 aromatic carbocycles. The minimum atomic E-state index is -0.211. The maximum Gasteiger partial charge on any atom is 0.302 e. The summed E-state index contributed by atoms with van der Waals surface area (Å²) in [7, 11) is 0. The molecule has 2 heteroatoms. The van der Waals surface area contributed by atoms with Crippen LogP contribution in [0.2, 0.25) is 0 Å². The van der Waals surface area contributed by atoms with Crippen LogP contribution in [0.4, 0.5) is 0 Å². The van der Waals surface area contributed by atoms with Crippen LogP contribution in [0, 0.1) is 0 Å². The molecule has 15 heavy (non-hydrogen) atoms. The minimum Gasteiger partial charge on any atom is -0.466 e. The van der Waals surface area contributed by atoms with Crippen molar-refractivity contribution in [1.82, 2.24) is 0 Å². The zero-order valence-electron chi connectivity index (χ0n) is 9.82. The van der Waals surface area contributed by atoms with Gasteiger partial charge in [-0.15, -0.1) is 0 Å². The molecule has 0 amide bonds. The number of hydrogen-bond donors (Lipinski definition) is 0. The van der Waals surface area contributed by atoms with E-state index in [1.165, 1.54) is 25.3 Å². The molecule has 0 aliphatic rings. The number of hydrogen-bond acceptors (Lipinski definition) is 2. The average Bonchev–Trinajstić information content (AvgIpc) is 2.20. The van der Waals surface area contributed by atoms with Crippen LogP contribution in [0.1, 0.15) is 32.8 Å². The van der Waals surface area contributed by atoms with Crippen LogP contribution in [0.15, 0.2) is 30.3 Å². The van der Waals surface area contributed by atoms with Crippen LogP contribution in [0.3, 0.4) is 0 Å². The van der Waals surface area contributed by atoms with E-state index in [4.69, 9.17) is 0 Å². The van der Waals surface area contributed by atoms with Gasteiger partial charge in [-0.1, -0.05) is 43.7 Å². The van der Waals surface area contributed by atoms with E-state index in [2.05, 4.69) is 42.0 Å². The summed E-state index contributed by atoms with van der Waals surface area (Å²) in [5.41, 5.74) is 1.44. The van der Waals surface area contributed by atoms with Gasteiger partial charge in [-0.25, -0.2) is 0 Å². The number of rotatable bonds is 3. The van der Waals surface area contributed by atoms with Crippen molar-refractivity contribution in [2.45, 2.75) is 33.6 Å². The van der Waals surface area contributed by atoms with Gasteiger partial charge in [0.2, 0.25) is 0 Å². The van der Waals surface area contributed by atoms with Crippen molar-refractivity contribution in [3.8, 4) is 0 Å².